The van der Waals surface area contributed by atoms with Gasteiger partial charge in [-0.05, 0) is 35.7 Å². The molecule has 128 valence electrons. The number of aliphatic hydroxyl groups excluding tert-OH is 1. The van der Waals surface area contributed by atoms with Crippen LogP contribution in [0.5, 0.6) is 0 Å². The van der Waals surface area contributed by atoms with Crippen molar-refractivity contribution in [1.29, 1.82) is 0 Å². The molecular formula is C17H19ClN2O3S. The van der Waals surface area contributed by atoms with Crippen LogP contribution in [0.25, 0.3) is 0 Å². The van der Waals surface area contributed by atoms with E-state index in [9.17, 15) is 13.5 Å². The van der Waals surface area contributed by atoms with Crippen molar-refractivity contribution < 1.29 is 13.5 Å². The largest absolute Gasteiger partial charge is 0.387 e. The summed E-state index contributed by atoms with van der Waals surface area (Å²) >= 11 is 5.93. The monoisotopic (exact) mass is 366 g/mol. The minimum absolute atomic E-state index is 0.00875. The van der Waals surface area contributed by atoms with E-state index in [0.29, 0.717) is 5.56 Å². The lowest BCUT2D eigenvalue weighted by Gasteiger charge is -2.16. The lowest BCUT2D eigenvalue weighted by atomic mass is 10.0. The van der Waals surface area contributed by atoms with Gasteiger partial charge in [0, 0.05) is 25.8 Å². The Morgan fingerprint density at radius 1 is 1.29 bits per heavy atom. The average molecular weight is 367 g/mol. The van der Waals surface area contributed by atoms with Gasteiger partial charge in [0.1, 0.15) is 4.90 Å². The summed E-state index contributed by atoms with van der Waals surface area (Å²) in [6, 6.07) is 11.9. The minimum atomic E-state index is -3.76. The summed E-state index contributed by atoms with van der Waals surface area (Å²) in [6.45, 7) is 0.843. The number of nitrogens with one attached hydrogen (secondary N) is 1. The number of anilines is 1. The first-order valence-corrected chi connectivity index (χ1v) is 9.51. The van der Waals surface area contributed by atoms with Gasteiger partial charge in [-0.2, -0.15) is 0 Å². The van der Waals surface area contributed by atoms with Gasteiger partial charge in [0.05, 0.1) is 11.1 Å². The Kier molecular flexibility index (Phi) is 4.83. The van der Waals surface area contributed by atoms with Gasteiger partial charge >= 0.3 is 0 Å². The van der Waals surface area contributed by atoms with E-state index in [1.165, 1.54) is 17.7 Å². The van der Waals surface area contributed by atoms with Crippen molar-refractivity contribution in [2.75, 3.05) is 25.0 Å². The number of halogens is 1. The Labute approximate surface area is 146 Å². The third-order valence-corrected chi connectivity index (χ3v) is 6.13. The predicted molar refractivity (Wildman–Crippen MR) is 95.0 cm³/mol. The van der Waals surface area contributed by atoms with Crippen molar-refractivity contribution in [2.24, 2.45) is 0 Å². The molecule has 0 spiro atoms. The Morgan fingerprint density at radius 3 is 2.79 bits per heavy atom. The number of rotatable bonds is 5. The molecule has 2 aromatic carbocycles. The number of sulfonamides is 1. The second-order valence-electron chi connectivity index (χ2n) is 5.86. The molecule has 1 atom stereocenters. The maximum absolute atomic E-state index is 12.3. The fourth-order valence-corrected chi connectivity index (χ4v) is 4.40. The minimum Gasteiger partial charge on any atom is -0.387 e. The maximum atomic E-state index is 12.3. The van der Waals surface area contributed by atoms with E-state index < -0.39 is 16.1 Å². The zero-order chi connectivity index (χ0) is 17.3. The van der Waals surface area contributed by atoms with Gasteiger partial charge in [0.25, 0.3) is 0 Å². The van der Waals surface area contributed by atoms with Crippen molar-refractivity contribution in [3.05, 3.63) is 58.6 Å². The first-order valence-electron chi connectivity index (χ1n) is 7.65. The van der Waals surface area contributed by atoms with E-state index in [1.54, 1.807) is 12.1 Å². The van der Waals surface area contributed by atoms with Crippen LogP contribution in [0, 0.1) is 0 Å². The quantitative estimate of drug-likeness (QED) is 0.852. The molecule has 0 radical (unpaired) electrons. The number of benzene rings is 2. The van der Waals surface area contributed by atoms with Crippen LogP contribution in [-0.2, 0) is 16.4 Å². The van der Waals surface area contributed by atoms with Gasteiger partial charge < -0.3 is 10.0 Å². The molecule has 24 heavy (non-hydrogen) atoms. The topological polar surface area (TPSA) is 69.6 Å². The summed E-state index contributed by atoms with van der Waals surface area (Å²) in [7, 11) is -1.74. The van der Waals surface area contributed by atoms with Gasteiger partial charge in [0.15, 0.2) is 0 Å². The molecular weight excluding hydrogens is 348 g/mol. The Bertz CT molecular complexity index is 855. The number of nitrogens with zero attached hydrogens (tertiary/aromatic N) is 1. The molecule has 0 saturated heterocycles. The Hall–Kier alpha value is -1.60. The molecule has 0 aromatic heterocycles. The van der Waals surface area contributed by atoms with Crippen molar-refractivity contribution in [3.63, 3.8) is 0 Å². The molecule has 2 aromatic rings. The van der Waals surface area contributed by atoms with Crippen LogP contribution in [-0.4, -0.2) is 33.7 Å². The van der Waals surface area contributed by atoms with Crippen LogP contribution in [0.15, 0.2) is 47.4 Å². The molecule has 7 heteroatoms. The van der Waals surface area contributed by atoms with E-state index in [0.717, 1.165) is 18.7 Å². The molecule has 1 heterocycles. The highest BCUT2D eigenvalue weighted by Gasteiger charge is 2.21. The normalized spacial score (nSPS) is 15.4. The maximum Gasteiger partial charge on any atom is 0.242 e. The van der Waals surface area contributed by atoms with Gasteiger partial charge in [0.2, 0.25) is 10.0 Å². The molecule has 1 aliphatic rings. The van der Waals surface area contributed by atoms with E-state index in [2.05, 4.69) is 9.62 Å². The second kappa shape index (κ2) is 6.72. The summed E-state index contributed by atoms with van der Waals surface area (Å²) in [6.07, 6.45) is 0.0102. The average Bonchev–Trinajstić information content (AvgIpc) is 2.93. The summed E-state index contributed by atoms with van der Waals surface area (Å²) in [5.74, 6) is 0. The van der Waals surface area contributed by atoms with Gasteiger partial charge in [-0.15, -0.1) is 0 Å². The molecule has 0 saturated carbocycles. The molecule has 0 fully saturated rings. The predicted octanol–water partition coefficient (Wildman–Crippen LogP) is 2.34. The van der Waals surface area contributed by atoms with Crippen molar-refractivity contribution >= 4 is 27.3 Å². The second-order valence-corrected chi connectivity index (χ2v) is 8.00. The number of fused-ring (bicyclic) bond motifs is 1. The Balaban J connectivity index is 1.72. The SMILES string of the molecule is CN1CCc2cc([C@H](O)CNS(=O)(=O)c3ccccc3Cl)ccc21. The highest BCUT2D eigenvalue weighted by molar-refractivity contribution is 7.89. The first kappa shape index (κ1) is 17.2. The smallest absolute Gasteiger partial charge is 0.242 e. The van der Waals surface area contributed by atoms with Crippen LogP contribution in [0.1, 0.15) is 17.2 Å². The summed E-state index contributed by atoms with van der Waals surface area (Å²) in [5.41, 5.74) is 3.02. The van der Waals surface area contributed by atoms with Crippen molar-refractivity contribution in [2.45, 2.75) is 17.4 Å². The molecule has 0 bridgehead atoms. The van der Waals surface area contributed by atoms with Crippen LogP contribution >= 0.6 is 11.6 Å². The summed E-state index contributed by atoms with van der Waals surface area (Å²) in [5, 5.41) is 10.5. The van der Waals surface area contributed by atoms with Crippen molar-refractivity contribution in [1.82, 2.24) is 4.72 Å². The lowest BCUT2D eigenvalue weighted by molar-refractivity contribution is 0.182. The number of hydrogen-bond donors (Lipinski definition) is 2. The summed E-state index contributed by atoms with van der Waals surface area (Å²) in [4.78, 5) is 2.17. The first-order chi connectivity index (χ1) is 11.4. The lowest BCUT2D eigenvalue weighted by Crippen LogP contribution is -2.28. The van der Waals surface area contributed by atoms with E-state index in [-0.39, 0.29) is 16.5 Å². The molecule has 2 N–H and O–H groups in total. The fraction of sp³-hybridized carbons (Fsp3) is 0.294. The fourth-order valence-electron chi connectivity index (χ4n) is 2.84. The number of aliphatic hydroxyl groups is 1. The third-order valence-electron chi connectivity index (χ3n) is 4.21. The third kappa shape index (κ3) is 3.42. The van der Waals surface area contributed by atoms with Crippen LogP contribution in [0.4, 0.5) is 5.69 Å². The summed E-state index contributed by atoms with van der Waals surface area (Å²) < 4.78 is 27.0. The standard InChI is InChI=1S/C17H19ClN2O3S/c1-20-9-8-12-10-13(6-7-15(12)20)16(21)11-19-24(22,23)17-5-3-2-4-14(17)18/h2-7,10,16,19,21H,8-9,11H2,1H3/t16-/m1/s1. The zero-order valence-corrected chi connectivity index (χ0v) is 14.8. The van der Waals surface area contributed by atoms with Gasteiger partial charge in [-0.3, -0.25) is 0 Å². The molecule has 5 nitrogen and oxygen atoms in total. The van der Waals surface area contributed by atoms with E-state index in [1.807, 2.05) is 25.2 Å². The van der Waals surface area contributed by atoms with Gasteiger partial charge in [-0.1, -0.05) is 35.9 Å². The van der Waals surface area contributed by atoms with Crippen molar-refractivity contribution in [3.8, 4) is 0 Å². The molecule has 3 rings (SSSR count). The zero-order valence-electron chi connectivity index (χ0n) is 13.2. The highest BCUT2D eigenvalue weighted by atomic mass is 35.5. The molecule has 1 aliphatic heterocycles. The molecule has 0 aliphatic carbocycles. The van der Waals surface area contributed by atoms with E-state index >= 15 is 0 Å². The highest BCUT2D eigenvalue weighted by Crippen LogP contribution is 2.29. The van der Waals surface area contributed by atoms with Crippen LogP contribution < -0.4 is 9.62 Å². The Morgan fingerprint density at radius 2 is 2.04 bits per heavy atom. The van der Waals surface area contributed by atoms with Crippen LogP contribution in [0.2, 0.25) is 5.02 Å². The van der Waals surface area contributed by atoms with Gasteiger partial charge in [-0.25, -0.2) is 13.1 Å². The number of likely N-dealkylation sites (N-methyl/N-ethyl adjacent to an activating group) is 1. The number of hydrogen-bond acceptors (Lipinski definition) is 4. The van der Waals surface area contributed by atoms with Crippen LogP contribution in [0.3, 0.4) is 0 Å². The van der Waals surface area contributed by atoms with E-state index in [4.69, 9.17) is 11.6 Å². The molecule has 0 unspecified atom stereocenters. The molecule has 0 amide bonds.